The van der Waals surface area contributed by atoms with Gasteiger partial charge in [-0.25, -0.2) is 0 Å². The first-order chi connectivity index (χ1) is 7.37. The van der Waals surface area contributed by atoms with Gasteiger partial charge in [-0.05, 0) is 36.5 Å². The van der Waals surface area contributed by atoms with Gasteiger partial charge >= 0.3 is 5.97 Å². The van der Waals surface area contributed by atoms with Crippen molar-refractivity contribution in [1.82, 2.24) is 0 Å². The van der Waals surface area contributed by atoms with Crippen molar-refractivity contribution >= 4 is 5.97 Å². The summed E-state index contributed by atoms with van der Waals surface area (Å²) in [5, 5.41) is 0. The van der Waals surface area contributed by atoms with Gasteiger partial charge in [0.2, 0.25) is 0 Å². The molecule has 0 heterocycles. The predicted molar refractivity (Wildman–Crippen MR) is 63.9 cm³/mol. The van der Waals surface area contributed by atoms with Crippen molar-refractivity contribution in [3.63, 3.8) is 0 Å². The topological polar surface area (TPSA) is 26.3 Å². The zero-order valence-electron chi connectivity index (χ0n) is 11.0. The minimum atomic E-state index is -0.0304. The molecular weight excluding hydrogens is 200 g/mol. The molecule has 0 radical (unpaired) electrons. The van der Waals surface area contributed by atoms with Crippen molar-refractivity contribution < 1.29 is 9.53 Å². The molecule has 0 spiro atoms. The van der Waals surface area contributed by atoms with Crippen molar-refractivity contribution in [3.05, 3.63) is 11.6 Å². The second-order valence-electron chi connectivity index (χ2n) is 5.96. The summed E-state index contributed by atoms with van der Waals surface area (Å²) in [5.74, 6) is 0.444. The standard InChI is InChI=1S/C14H22O2/c1-9-6-7-13(3)10(2)11(12(15)16-5)8-14(9,13)4/h6,10-11H,7-8H2,1-5H3/t10-,11+,13-,14-/m1/s1. The van der Waals surface area contributed by atoms with Gasteiger partial charge in [0.1, 0.15) is 0 Å². The first-order valence-corrected chi connectivity index (χ1v) is 6.12. The number of rotatable bonds is 1. The van der Waals surface area contributed by atoms with E-state index in [-0.39, 0.29) is 22.7 Å². The van der Waals surface area contributed by atoms with Crippen LogP contribution >= 0.6 is 0 Å². The van der Waals surface area contributed by atoms with E-state index in [1.165, 1.54) is 12.7 Å². The highest BCUT2D eigenvalue weighted by Gasteiger charge is 2.61. The van der Waals surface area contributed by atoms with Gasteiger partial charge in [-0.1, -0.05) is 32.4 Å². The maximum absolute atomic E-state index is 11.8. The average molecular weight is 222 g/mol. The molecule has 4 atom stereocenters. The lowest BCUT2D eigenvalue weighted by Crippen LogP contribution is -2.33. The summed E-state index contributed by atoms with van der Waals surface area (Å²) in [4.78, 5) is 11.8. The van der Waals surface area contributed by atoms with Crippen LogP contribution in [-0.4, -0.2) is 13.1 Å². The molecule has 2 aliphatic rings. The summed E-state index contributed by atoms with van der Waals surface area (Å²) >= 11 is 0. The minimum absolute atomic E-state index is 0.0304. The summed E-state index contributed by atoms with van der Waals surface area (Å²) in [7, 11) is 1.50. The van der Waals surface area contributed by atoms with Gasteiger partial charge in [0, 0.05) is 0 Å². The Kier molecular flexibility index (Phi) is 2.45. The molecule has 0 aromatic rings. The van der Waals surface area contributed by atoms with Crippen LogP contribution in [0, 0.1) is 22.7 Å². The Morgan fingerprint density at radius 3 is 2.62 bits per heavy atom. The molecule has 0 amide bonds. The van der Waals surface area contributed by atoms with Crippen LogP contribution < -0.4 is 0 Å². The van der Waals surface area contributed by atoms with E-state index in [1.807, 2.05) is 0 Å². The summed E-state index contributed by atoms with van der Waals surface area (Å²) in [6.07, 6.45) is 4.40. The predicted octanol–water partition coefficient (Wildman–Crippen LogP) is 3.18. The van der Waals surface area contributed by atoms with Gasteiger partial charge in [-0.3, -0.25) is 4.79 Å². The largest absolute Gasteiger partial charge is 0.469 e. The molecule has 2 heteroatoms. The maximum Gasteiger partial charge on any atom is 0.308 e. The highest BCUT2D eigenvalue weighted by atomic mass is 16.5. The number of hydrogen-bond acceptors (Lipinski definition) is 2. The Balaban J connectivity index is 2.36. The van der Waals surface area contributed by atoms with Crippen LogP contribution in [0.3, 0.4) is 0 Å². The van der Waals surface area contributed by atoms with E-state index in [0.717, 1.165) is 12.8 Å². The normalized spacial score (nSPS) is 46.4. The Morgan fingerprint density at radius 1 is 1.50 bits per heavy atom. The molecule has 2 rings (SSSR count). The molecule has 16 heavy (non-hydrogen) atoms. The molecule has 0 aromatic heterocycles. The van der Waals surface area contributed by atoms with E-state index in [4.69, 9.17) is 4.74 Å². The molecule has 0 saturated heterocycles. The van der Waals surface area contributed by atoms with E-state index < -0.39 is 0 Å². The zero-order valence-corrected chi connectivity index (χ0v) is 11.0. The van der Waals surface area contributed by atoms with Gasteiger partial charge in [0.05, 0.1) is 13.0 Å². The molecule has 2 nitrogen and oxygen atoms in total. The number of methoxy groups -OCH3 is 1. The number of ether oxygens (including phenoxy) is 1. The lowest BCUT2D eigenvalue weighted by Gasteiger charge is -2.39. The minimum Gasteiger partial charge on any atom is -0.469 e. The molecule has 2 aliphatic carbocycles. The summed E-state index contributed by atoms with van der Waals surface area (Å²) in [6.45, 7) is 9.05. The fourth-order valence-electron chi connectivity index (χ4n) is 3.85. The lowest BCUT2D eigenvalue weighted by atomic mass is 9.65. The number of fused-ring (bicyclic) bond motifs is 1. The Labute approximate surface area is 98.1 Å². The van der Waals surface area contributed by atoms with Crippen molar-refractivity contribution in [3.8, 4) is 0 Å². The van der Waals surface area contributed by atoms with Crippen LogP contribution in [-0.2, 0) is 9.53 Å². The molecular formula is C14H22O2. The van der Waals surface area contributed by atoms with E-state index >= 15 is 0 Å². The van der Waals surface area contributed by atoms with Gasteiger partial charge in [0.15, 0.2) is 0 Å². The number of esters is 1. The van der Waals surface area contributed by atoms with Crippen LogP contribution in [0.25, 0.3) is 0 Å². The van der Waals surface area contributed by atoms with Crippen LogP contribution in [0.5, 0.6) is 0 Å². The molecule has 90 valence electrons. The summed E-state index contributed by atoms with van der Waals surface area (Å²) in [6, 6.07) is 0. The van der Waals surface area contributed by atoms with Crippen LogP contribution in [0.4, 0.5) is 0 Å². The molecule has 1 saturated carbocycles. The quantitative estimate of drug-likeness (QED) is 0.503. The number of carbonyl (C=O) groups is 1. The van der Waals surface area contributed by atoms with Crippen molar-refractivity contribution in [1.29, 1.82) is 0 Å². The first kappa shape index (κ1) is 11.7. The van der Waals surface area contributed by atoms with Crippen molar-refractivity contribution in [2.75, 3.05) is 7.11 Å². The van der Waals surface area contributed by atoms with Gasteiger partial charge in [0.25, 0.3) is 0 Å². The molecule has 0 N–H and O–H groups in total. The highest BCUT2D eigenvalue weighted by molar-refractivity contribution is 5.73. The van der Waals surface area contributed by atoms with Gasteiger partial charge < -0.3 is 4.74 Å². The SMILES string of the molecule is COC(=O)[C@H]1C[C@]2(C)C(C)=CC[C@]2(C)[C@@H]1C. The third-order valence-corrected chi connectivity index (χ3v) is 5.70. The molecule has 1 fully saturated rings. The number of carbonyl (C=O) groups excluding carboxylic acids is 1. The van der Waals surface area contributed by atoms with E-state index in [2.05, 4.69) is 33.8 Å². The third kappa shape index (κ3) is 1.16. The Hall–Kier alpha value is -0.790. The monoisotopic (exact) mass is 222 g/mol. The molecule has 0 aromatic carbocycles. The van der Waals surface area contributed by atoms with Crippen LogP contribution in [0.2, 0.25) is 0 Å². The van der Waals surface area contributed by atoms with Gasteiger partial charge in [-0.2, -0.15) is 0 Å². The van der Waals surface area contributed by atoms with Crippen molar-refractivity contribution in [2.45, 2.75) is 40.5 Å². The number of allylic oxidation sites excluding steroid dienone is 2. The third-order valence-electron chi connectivity index (χ3n) is 5.70. The zero-order chi connectivity index (χ0) is 12.1. The molecule has 0 unspecified atom stereocenters. The molecule has 0 aliphatic heterocycles. The van der Waals surface area contributed by atoms with E-state index in [1.54, 1.807) is 0 Å². The fraction of sp³-hybridized carbons (Fsp3) is 0.786. The van der Waals surface area contributed by atoms with Crippen LogP contribution in [0.15, 0.2) is 11.6 Å². The molecule has 0 bridgehead atoms. The number of hydrogen-bond donors (Lipinski definition) is 0. The highest BCUT2D eigenvalue weighted by Crippen LogP contribution is 2.66. The van der Waals surface area contributed by atoms with Gasteiger partial charge in [-0.15, -0.1) is 0 Å². The lowest BCUT2D eigenvalue weighted by molar-refractivity contribution is -0.147. The average Bonchev–Trinajstić information content (AvgIpc) is 2.61. The second-order valence-corrected chi connectivity index (χ2v) is 5.96. The second kappa shape index (κ2) is 3.35. The van der Waals surface area contributed by atoms with Crippen LogP contribution in [0.1, 0.15) is 40.5 Å². The summed E-state index contributed by atoms with van der Waals surface area (Å²) in [5.41, 5.74) is 1.87. The smallest absolute Gasteiger partial charge is 0.308 e. The Bertz CT molecular complexity index is 358. The van der Waals surface area contributed by atoms with E-state index in [0.29, 0.717) is 5.92 Å². The van der Waals surface area contributed by atoms with Crippen molar-refractivity contribution in [2.24, 2.45) is 22.7 Å². The van der Waals surface area contributed by atoms with E-state index in [9.17, 15) is 4.79 Å². The Morgan fingerprint density at radius 2 is 2.12 bits per heavy atom. The maximum atomic E-state index is 11.8. The fourth-order valence-corrected chi connectivity index (χ4v) is 3.85. The first-order valence-electron chi connectivity index (χ1n) is 6.12. The summed E-state index contributed by atoms with van der Waals surface area (Å²) < 4.78 is 4.94.